The van der Waals surface area contributed by atoms with Gasteiger partial charge in [-0.05, 0) is 26.2 Å². The summed E-state index contributed by atoms with van der Waals surface area (Å²) >= 11 is 0. The molecule has 2 atom stereocenters. The topological polar surface area (TPSA) is 46.3 Å². The Balaban J connectivity index is 3.78. The van der Waals surface area contributed by atoms with Gasteiger partial charge < -0.3 is 10.6 Å². The molecule has 0 rings (SSSR count). The highest BCUT2D eigenvalue weighted by Gasteiger charge is 2.16. The second-order valence-corrected chi connectivity index (χ2v) is 5.28. The van der Waals surface area contributed by atoms with Crippen LogP contribution in [0.3, 0.4) is 0 Å². The highest BCUT2D eigenvalue weighted by Crippen LogP contribution is 2.12. The van der Waals surface area contributed by atoms with E-state index in [1.807, 2.05) is 25.8 Å². The van der Waals surface area contributed by atoms with Gasteiger partial charge in [0.1, 0.15) is 0 Å². The lowest BCUT2D eigenvalue weighted by atomic mass is 10.0. The van der Waals surface area contributed by atoms with Gasteiger partial charge in [-0.15, -0.1) is 0 Å². The molecule has 2 N–H and O–H groups in total. The first-order valence-electron chi connectivity index (χ1n) is 6.99. The van der Waals surface area contributed by atoms with Crippen LogP contribution in [0.5, 0.6) is 0 Å². The van der Waals surface area contributed by atoms with Gasteiger partial charge in [-0.3, -0.25) is 4.79 Å². The van der Waals surface area contributed by atoms with Gasteiger partial charge in [0.15, 0.2) is 0 Å². The summed E-state index contributed by atoms with van der Waals surface area (Å²) in [5, 5.41) is 0. The highest BCUT2D eigenvalue weighted by atomic mass is 16.2. The van der Waals surface area contributed by atoms with E-state index in [4.69, 9.17) is 5.73 Å². The molecule has 0 aliphatic carbocycles. The molecular weight excluding hydrogens is 212 g/mol. The van der Waals surface area contributed by atoms with Gasteiger partial charge in [0.25, 0.3) is 0 Å². The number of amides is 1. The minimum Gasteiger partial charge on any atom is -0.346 e. The van der Waals surface area contributed by atoms with Gasteiger partial charge >= 0.3 is 0 Å². The van der Waals surface area contributed by atoms with Crippen molar-refractivity contribution in [1.29, 1.82) is 0 Å². The maximum atomic E-state index is 12.0. The van der Waals surface area contributed by atoms with Crippen molar-refractivity contribution in [3.8, 4) is 0 Å². The van der Waals surface area contributed by atoms with Crippen LogP contribution in [-0.2, 0) is 4.79 Å². The summed E-state index contributed by atoms with van der Waals surface area (Å²) < 4.78 is 0. The first kappa shape index (κ1) is 16.4. The molecule has 1 amide bonds. The summed E-state index contributed by atoms with van der Waals surface area (Å²) in [6.07, 6.45) is 6.54. The molecule has 0 aliphatic heterocycles. The largest absolute Gasteiger partial charge is 0.346 e. The molecule has 0 aromatic carbocycles. The van der Waals surface area contributed by atoms with Crippen LogP contribution in [0.1, 0.15) is 59.3 Å². The second kappa shape index (κ2) is 9.46. The zero-order valence-electron chi connectivity index (χ0n) is 12.0. The third-order valence-electron chi connectivity index (χ3n) is 3.19. The number of nitrogens with two attached hydrogens (primary N) is 1. The van der Waals surface area contributed by atoms with Gasteiger partial charge in [-0.1, -0.05) is 33.1 Å². The van der Waals surface area contributed by atoms with Crippen molar-refractivity contribution < 1.29 is 4.79 Å². The molecule has 17 heavy (non-hydrogen) atoms. The first-order valence-corrected chi connectivity index (χ1v) is 6.99. The number of carbonyl (C=O) groups excluding carboxylic acids is 1. The molecule has 0 saturated heterocycles. The average Bonchev–Trinajstić information content (AvgIpc) is 2.27. The Bertz CT molecular complexity index is 204. The third kappa shape index (κ3) is 8.19. The van der Waals surface area contributed by atoms with E-state index in [0.717, 1.165) is 32.2 Å². The number of hydrogen-bond acceptors (Lipinski definition) is 2. The van der Waals surface area contributed by atoms with Crippen molar-refractivity contribution in [3.63, 3.8) is 0 Å². The van der Waals surface area contributed by atoms with Gasteiger partial charge in [0.2, 0.25) is 5.91 Å². The van der Waals surface area contributed by atoms with Crippen molar-refractivity contribution in [3.05, 3.63) is 0 Å². The molecule has 3 nitrogen and oxygen atoms in total. The molecule has 0 radical (unpaired) electrons. The number of rotatable bonds is 9. The Morgan fingerprint density at radius 3 is 2.35 bits per heavy atom. The van der Waals surface area contributed by atoms with Crippen molar-refractivity contribution in [2.75, 3.05) is 13.6 Å². The number of nitrogens with zero attached hydrogens (tertiary/aromatic N) is 1. The van der Waals surface area contributed by atoms with E-state index in [-0.39, 0.29) is 17.9 Å². The molecule has 0 bridgehead atoms. The van der Waals surface area contributed by atoms with Crippen molar-refractivity contribution in [1.82, 2.24) is 4.90 Å². The minimum absolute atomic E-state index is 0.139. The Kier molecular flexibility index (Phi) is 9.14. The standard InChI is InChI=1S/C14H30N2O/c1-5-6-7-11-16(4)14(17)12(2)9-8-10-13(3)15/h12-13H,5-11,15H2,1-4H3. The fraction of sp³-hybridized carbons (Fsp3) is 0.929. The van der Waals surface area contributed by atoms with Crippen molar-refractivity contribution in [2.45, 2.75) is 65.3 Å². The number of unbranched alkanes of at least 4 members (excludes halogenated alkanes) is 2. The van der Waals surface area contributed by atoms with Gasteiger partial charge in [0, 0.05) is 25.6 Å². The first-order chi connectivity index (χ1) is 7.99. The molecule has 0 aromatic heterocycles. The van der Waals surface area contributed by atoms with Gasteiger partial charge in [0.05, 0.1) is 0 Å². The van der Waals surface area contributed by atoms with Crippen LogP contribution >= 0.6 is 0 Å². The molecule has 0 aromatic rings. The Hall–Kier alpha value is -0.570. The Morgan fingerprint density at radius 1 is 1.18 bits per heavy atom. The van der Waals surface area contributed by atoms with Crippen LogP contribution in [0, 0.1) is 5.92 Å². The fourth-order valence-electron chi connectivity index (χ4n) is 1.95. The van der Waals surface area contributed by atoms with Crippen molar-refractivity contribution >= 4 is 5.91 Å². The summed E-state index contributed by atoms with van der Waals surface area (Å²) in [6.45, 7) is 7.12. The zero-order valence-corrected chi connectivity index (χ0v) is 12.0. The molecule has 102 valence electrons. The van der Waals surface area contributed by atoms with Crippen LogP contribution in [0.2, 0.25) is 0 Å². The summed E-state index contributed by atoms with van der Waals surface area (Å²) in [7, 11) is 1.92. The highest BCUT2D eigenvalue weighted by molar-refractivity contribution is 5.78. The van der Waals surface area contributed by atoms with E-state index in [0.29, 0.717) is 0 Å². The summed E-state index contributed by atoms with van der Waals surface area (Å²) in [4.78, 5) is 13.9. The SMILES string of the molecule is CCCCCN(C)C(=O)C(C)CCCC(C)N. The molecule has 0 saturated carbocycles. The molecule has 0 fully saturated rings. The Labute approximate surface area is 107 Å². The predicted octanol–water partition coefficient (Wildman–Crippen LogP) is 2.79. The van der Waals surface area contributed by atoms with Gasteiger partial charge in [-0.2, -0.15) is 0 Å². The van der Waals surface area contributed by atoms with E-state index in [1.165, 1.54) is 12.8 Å². The van der Waals surface area contributed by atoms with E-state index in [2.05, 4.69) is 6.92 Å². The lowest BCUT2D eigenvalue weighted by molar-refractivity contribution is -0.133. The van der Waals surface area contributed by atoms with Crippen LogP contribution in [0.25, 0.3) is 0 Å². The fourth-order valence-corrected chi connectivity index (χ4v) is 1.95. The average molecular weight is 242 g/mol. The molecule has 0 spiro atoms. The van der Waals surface area contributed by atoms with Crippen LogP contribution in [0.4, 0.5) is 0 Å². The maximum Gasteiger partial charge on any atom is 0.225 e. The lowest BCUT2D eigenvalue weighted by Crippen LogP contribution is -2.32. The quantitative estimate of drug-likeness (QED) is 0.632. The van der Waals surface area contributed by atoms with Crippen LogP contribution in [0.15, 0.2) is 0 Å². The summed E-state index contributed by atoms with van der Waals surface area (Å²) in [5.74, 6) is 0.422. The van der Waals surface area contributed by atoms with E-state index in [1.54, 1.807) is 0 Å². The summed E-state index contributed by atoms with van der Waals surface area (Å²) in [6, 6.07) is 0.250. The third-order valence-corrected chi connectivity index (χ3v) is 3.19. The predicted molar refractivity (Wildman–Crippen MR) is 73.8 cm³/mol. The van der Waals surface area contributed by atoms with Gasteiger partial charge in [-0.25, -0.2) is 0 Å². The minimum atomic E-state index is 0.139. The monoisotopic (exact) mass is 242 g/mol. The molecule has 2 unspecified atom stereocenters. The van der Waals surface area contributed by atoms with Crippen LogP contribution in [-0.4, -0.2) is 30.4 Å². The molecule has 0 aliphatic rings. The lowest BCUT2D eigenvalue weighted by Gasteiger charge is -2.21. The summed E-state index contributed by atoms with van der Waals surface area (Å²) in [5.41, 5.74) is 5.70. The molecule has 3 heteroatoms. The van der Waals surface area contributed by atoms with E-state index < -0.39 is 0 Å². The Morgan fingerprint density at radius 2 is 1.82 bits per heavy atom. The molecule has 0 heterocycles. The van der Waals surface area contributed by atoms with E-state index in [9.17, 15) is 4.79 Å². The van der Waals surface area contributed by atoms with Crippen molar-refractivity contribution in [2.24, 2.45) is 11.7 Å². The maximum absolute atomic E-state index is 12.0. The smallest absolute Gasteiger partial charge is 0.225 e. The zero-order chi connectivity index (χ0) is 13.3. The number of hydrogen-bond donors (Lipinski definition) is 1. The van der Waals surface area contributed by atoms with E-state index >= 15 is 0 Å². The molecular formula is C14H30N2O. The van der Waals surface area contributed by atoms with Crippen LogP contribution < -0.4 is 5.73 Å². The normalized spacial score (nSPS) is 14.4. The second-order valence-electron chi connectivity index (χ2n) is 5.28. The number of carbonyl (C=O) groups is 1.